The van der Waals surface area contributed by atoms with Gasteiger partial charge in [-0.25, -0.2) is 0 Å². The quantitative estimate of drug-likeness (QED) is 0.0186. The first-order valence-electron chi connectivity index (χ1n) is 20.1. The van der Waals surface area contributed by atoms with Crippen molar-refractivity contribution in [3.63, 3.8) is 0 Å². The minimum Gasteiger partial charge on any atom is -0.370 e. The van der Waals surface area contributed by atoms with Gasteiger partial charge in [-0.1, -0.05) is 40.5 Å². The number of hydrogen-bond donors (Lipinski definition) is 10. The van der Waals surface area contributed by atoms with Gasteiger partial charge in [-0.2, -0.15) is 0 Å². The molecule has 0 spiro atoms. The number of guanidine groups is 2. The maximum absolute atomic E-state index is 13.9. The van der Waals surface area contributed by atoms with Gasteiger partial charge in [0.1, 0.15) is 12.1 Å². The number of carbonyl (C=O) groups is 7. The Balaban J connectivity index is 2.29. The molecule has 2 rings (SSSR count). The lowest BCUT2D eigenvalue weighted by Gasteiger charge is -2.30. The van der Waals surface area contributed by atoms with Gasteiger partial charge in [0.15, 0.2) is 40.0 Å². The molecule has 10 atom stereocenters. The molecule has 2 unspecified atom stereocenters. The Hall–Kier alpha value is -4.07. The number of ketones is 3. The van der Waals surface area contributed by atoms with Gasteiger partial charge in [0.25, 0.3) is 0 Å². The summed E-state index contributed by atoms with van der Waals surface area (Å²) in [7, 11) is 0. The van der Waals surface area contributed by atoms with E-state index >= 15 is 0 Å². The van der Waals surface area contributed by atoms with Crippen LogP contribution in [0.3, 0.4) is 0 Å². The highest BCUT2D eigenvalue weighted by atomic mass is 35.5. The number of nitrogens with one attached hydrogen (secondary N) is 6. The fraction of sp³-hybridized carbons (Fsp3) is 0.757. The lowest BCUT2D eigenvalue weighted by Crippen LogP contribution is -2.57. The molecular weight excluding hydrogens is 795 g/mol. The van der Waals surface area contributed by atoms with Crippen molar-refractivity contribution < 1.29 is 33.6 Å². The Morgan fingerprint density at radius 3 is 1.31 bits per heavy atom. The largest absolute Gasteiger partial charge is 0.370 e. The summed E-state index contributed by atoms with van der Waals surface area (Å²) in [4.78, 5) is 98.0. The summed E-state index contributed by atoms with van der Waals surface area (Å²) >= 11 is 12.9. The molecule has 58 heavy (non-hydrogen) atoms. The van der Waals surface area contributed by atoms with Crippen LogP contribution in [-0.2, 0) is 33.6 Å². The van der Waals surface area contributed by atoms with E-state index in [4.69, 9.17) is 57.0 Å². The Morgan fingerprint density at radius 2 is 1.00 bits per heavy atom. The predicted molar refractivity (Wildman–Crippen MR) is 221 cm³/mol. The zero-order chi connectivity index (χ0) is 43.9. The van der Waals surface area contributed by atoms with Crippen LogP contribution in [0.1, 0.15) is 91.9 Å². The molecule has 0 radical (unpaired) electrons. The molecule has 2 aliphatic heterocycles. The number of likely N-dealkylation sites (tertiary alicyclic amines) is 2. The summed E-state index contributed by atoms with van der Waals surface area (Å²) in [6.45, 7) is 8.32. The van der Waals surface area contributed by atoms with E-state index in [-0.39, 0.29) is 75.6 Å². The van der Waals surface area contributed by atoms with Crippen molar-refractivity contribution in [1.82, 2.24) is 31.1 Å². The first-order valence-corrected chi connectivity index (χ1v) is 20.9. The van der Waals surface area contributed by atoms with E-state index in [0.717, 1.165) is 0 Å². The molecule has 19 nitrogen and oxygen atoms in total. The number of carbonyl (C=O) groups excluding carboxylic acids is 7. The van der Waals surface area contributed by atoms with E-state index in [9.17, 15) is 33.6 Å². The van der Waals surface area contributed by atoms with Crippen LogP contribution in [0.15, 0.2) is 0 Å². The highest BCUT2D eigenvalue weighted by Crippen LogP contribution is 2.24. The topological polar surface area (TPSA) is 326 Å². The first-order chi connectivity index (χ1) is 27.3. The van der Waals surface area contributed by atoms with Gasteiger partial charge in [-0.15, -0.1) is 23.2 Å². The van der Waals surface area contributed by atoms with Gasteiger partial charge in [-0.3, -0.25) is 44.4 Å². The van der Waals surface area contributed by atoms with Gasteiger partial charge in [0.05, 0.1) is 24.2 Å². The summed E-state index contributed by atoms with van der Waals surface area (Å²) in [5.74, 6) is -6.12. The van der Waals surface area contributed by atoms with Gasteiger partial charge < -0.3 is 54.0 Å². The first kappa shape index (κ1) is 50.1. The normalized spacial score (nSPS) is 20.7. The number of rotatable bonds is 24. The zero-order valence-corrected chi connectivity index (χ0v) is 35.5. The second-order valence-electron chi connectivity index (χ2n) is 15.2. The second kappa shape index (κ2) is 24.1. The Bertz CT molecular complexity index is 1400. The number of alkyl halides is 2. The van der Waals surface area contributed by atoms with E-state index in [1.54, 1.807) is 0 Å². The van der Waals surface area contributed by atoms with Gasteiger partial charge in [-0.05, 0) is 63.2 Å². The molecule has 2 heterocycles. The van der Waals surface area contributed by atoms with E-state index < -0.39 is 88.0 Å². The third kappa shape index (κ3) is 14.0. The number of amides is 4. The fourth-order valence-corrected chi connectivity index (χ4v) is 7.53. The standard InChI is InChI=1S/C37H64Cl2N12O7/c1-5-19(3)27(40)34(57)50-17-9-13-23(50)32(55)48-21(11-7-15-46-36(42)43)29(52)25(38)31(54)26(39)30(53)22(12-8-16-47-37(44)45)49-33(56)24-14-10-18-51(24)35(58)28(41)20(4)6-2/h19-28H,5-18,40-41H2,1-4H3,(H,48,55)(H,49,56)(H4,42,43,46)(H4,44,45,47)/t19-,20-,21+,22+,23+,24+,25?,26?,27-,28-/m1/s1. The Labute approximate surface area is 350 Å². The third-order valence-electron chi connectivity index (χ3n) is 11.1. The minimum absolute atomic E-state index is 0.0611. The van der Waals surface area contributed by atoms with Crippen LogP contribution < -0.4 is 44.2 Å². The number of Topliss-reactive ketones (excluding diaryl/α,β-unsaturated/α-hetero) is 3. The maximum atomic E-state index is 13.9. The summed E-state index contributed by atoms with van der Waals surface area (Å²) in [6, 6.07) is -6.26. The molecule has 0 aromatic carbocycles. The molecule has 21 heteroatoms. The molecule has 2 fully saturated rings. The van der Waals surface area contributed by atoms with Crippen LogP contribution in [0, 0.1) is 22.7 Å². The second-order valence-corrected chi connectivity index (χ2v) is 16.1. The number of halogens is 2. The number of nitrogens with two attached hydrogens (primary N) is 4. The molecule has 14 N–H and O–H groups in total. The molecule has 0 aliphatic carbocycles. The molecule has 328 valence electrons. The molecule has 0 saturated carbocycles. The number of hydrogen-bond acceptors (Lipinski definition) is 11. The van der Waals surface area contributed by atoms with Crippen molar-refractivity contribution in [2.24, 2.45) is 34.8 Å². The monoisotopic (exact) mass is 858 g/mol. The lowest BCUT2D eigenvalue weighted by molar-refractivity contribution is -0.141. The van der Waals surface area contributed by atoms with E-state index in [2.05, 4.69) is 21.3 Å². The third-order valence-corrected chi connectivity index (χ3v) is 11.9. The highest BCUT2D eigenvalue weighted by Gasteiger charge is 2.43. The van der Waals surface area contributed by atoms with Gasteiger partial charge in [0.2, 0.25) is 23.6 Å². The van der Waals surface area contributed by atoms with Crippen LogP contribution in [0.2, 0.25) is 0 Å². The summed E-state index contributed by atoms with van der Waals surface area (Å²) in [6.07, 6.45) is 3.22. The molecule has 0 aromatic heterocycles. The maximum Gasteiger partial charge on any atom is 0.243 e. The summed E-state index contributed by atoms with van der Waals surface area (Å²) < 4.78 is 0. The van der Waals surface area contributed by atoms with Crippen molar-refractivity contribution in [3.05, 3.63) is 0 Å². The van der Waals surface area contributed by atoms with Crippen molar-refractivity contribution in [3.8, 4) is 0 Å². The minimum atomic E-state index is -2.02. The van der Waals surface area contributed by atoms with E-state index in [0.29, 0.717) is 38.5 Å². The summed E-state index contributed by atoms with van der Waals surface area (Å²) in [5.41, 5.74) is 23.2. The van der Waals surface area contributed by atoms with Gasteiger partial charge >= 0.3 is 0 Å². The number of nitrogens with zero attached hydrogens (tertiary/aromatic N) is 2. The van der Waals surface area contributed by atoms with Crippen molar-refractivity contribution in [1.29, 1.82) is 10.8 Å². The zero-order valence-electron chi connectivity index (χ0n) is 34.0. The van der Waals surface area contributed by atoms with Crippen LogP contribution in [0.25, 0.3) is 0 Å². The highest BCUT2D eigenvalue weighted by molar-refractivity contribution is 6.52. The van der Waals surface area contributed by atoms with Gasteiger partial charge in [0, 0.05) is 26.2 Å². The molecule has 0 bridgehead atoms. The fourth-order valence-electron chi connectivity index (χ4n) is 6.91. The van der Waals surface area contributed by atoms with Crippen LogP contribution in [-0.4, -0.2) is 136 Å². The molecule has 2 saturated heterocycles. The average molecular weight is 860 g/mol. The molecule has 4 amide bonds. The molecular formula is C37H64Cl2N12O7. The van der Waals surface area contributed by atoms with Crippen molar-refractivity contribution in [2.75, 3.05) is 26.2 Å². The van der Waals surface area contributed by atoms with E-state index in [1.807, 2.05) is 27.7 Å². The smallest absolute Gasteiger partial charge is 0.243 e. The Kier molecular flexibility index (Phi) is 20.8. The predicted octanol–water partition coefficient (Wildman–Crippen LogP) is -0.867. The van der Waals surface area contributed by atoms with Crippen molar-refractivity contribution >= 4 is 76.1 Å². The Morgan fingerprint density at radius 1 is 0.655 bits per heavy atom. The van der Waals surface area contributed by atoms with Crippen molar-refractivity contribution in [2.45, 2.75) is 139 Å². The average Bonchev–Trinajstić information content (AvgIpc) is 3.91. The van der Waals surface area contributed by atoms with Crippen LogP contribution in [0.4, 0.5) is 0 Å². The lowest BCUT2D eigenvalue weighted by atomic mass is 9.95. The van der Waals surface area contributed by atoms with E-state index in [1.165, 1.54) is 9.80 Å². The summed E-state index contributed by atoms with van der Waals surface area (Å²) in [5, 5.41) is 21.3. The van der Waals surface area contributed by atoms with Crippen LogP contribution in [0.5, 0.6) is 0 Å². The SMILES string of the molecule is CC[C@@H](C)[C@@H](N)C(=O)N1CCC[C@H]1C(=O)N[C@@H](CCCNC(=N)N)C(=O)C(Cl)C(=O)C(Cl)C(=O)[C@H](CCCNC(=N)N)NC(=O)[C@@H]1CCCN1C(=O)[C@H](N)[C@H](C)CC. The van der Waals surface area contributed by atoms with Crippen LogP contribution >= 0.6 is 23.2 Å². The molecule has 2 aliphatic rings. The molecule has 0 aromatic rings.